The van der Waals surface area contributed by atoms with E-state index in [1.807, 2.05) is 30.3 Å². The van der Waals surface area contributed by atoms with E-state index in [0.717, 1.165) is 12.0 Å². The van der Waals surface area contributed by atoms with Crippen LogP contribution in [-0.4, -0.2) is 60.6 Å². The maximum Gasteiger partial charge on any atom is 0.410 e. The van der Waals surface area contributed by atoms with Gasteiger partial charge in [-0.25, -0.2) is 4.79 Å². The summed E-state index contributed by atoms with van der Waals surface area (Å²) in [6.45, 7) is 2.55. The second kappa shape index (κ2) is 5.77. The van der Waals surface area contributed by atoms with E-state index in [1.165, 1.54) is 7.11 Å². The molecule has 1 aromatic carbocycles. The molecule has 7 nitrogen and oxygen atoms in total. The van der Waals surface area contributed by atoms with Crippen LogP contribution in [0, 0.1) is 5.92 Å². The zero-order valence-corrected chi connectivity index (χ0v) is 15.4. The number of amides is 1. The van der Waals surface area contributed by atoms with Crippen LogP contribution < -0.4 is 0 Å². The van der Waals surface area contributed by atoms with Gasteiger partial charge in [-0.2, -0.15) is 0 Å². The van der Waals surface area contributed by atoms with Gasteiger partial charge < -0.3 is 18.9 Å². The van der Waals surface area contributed by atoms with Gasteiger partial charge in [0.15, 0.2) is 17.2 Å². The summed E-state index contributed by atoms with van der Waals surface area (Å²) < 4.78 is 23.3. The van der Waals surface area contributed by atoms with Crippen LogP contribution in [0.3, 0.4) is 0 Å². The molecule has 0 unspecified atom stereocenters. The Morgan fingerprint density at radius 3 is 2.67 bits per heavy atom. The van der Waals surface area contributed by atoms with Gasteiger partial charge >= 0.3 is 6.09 Å². The largest absolute Gasteiger partial charge is 0.447 e. The molecule has 1 saturated carbocycles. The van der Waals surface area contributed by atoms with E-state index < -0.39 is 35.5 Å². The van der Waals surface area contributed by atoms with Crippen LogP contribution in [0.4, 0.5) is 4.79 Å². The molecule has 3 aliphatic heterocycles. The van der Waals surface area contributed by atoms with Crippen LogP contribution >= 0.6 is 0 Å². The summed E-state index contributed by atoms with van der Waals surface area (Å²) in [6.07, 6.45) is 0.616. The number of hydrogen-bond acceptors (Lipinski definition) is 6. The van der Waals surface area contributed by atoms with Crippen LogP contribution in [0.2, 0.25) is 0 Å². The van der Waals surface area contributed by atoms with E-state index in [4.69, 9.17) is 18.9 Å². The minimum absolute atomic E-state index is 0.0427. The number of cyclic esters (lactones) is 1. The standard InChI is InChI=1S/C20H23NO6/c1-19(24-2)16(22)14-15(20(27-17(14)19)9-6-10-26-20)21-13(11-25-18(21)23)12-7-4-3-5-8-12/h3-5,7-8,13-15,17H,6,9-11H2,1-2H3/t13-,14+,15+,17+,19+,20+/m1/s1. The minimum Gasteiger partial charge on any atom is -0.447 e. The van der Waals surface area contributed by atoms with Crippen LogP contribution in [0.25, 0.3) is 0 Å². The van der Waals surface area contributed by atoms with E-state index in [-0.39, 0.29) is 18.4 Å². The van der Waals surface area contributed by atoms with Gasteiger partial charge in [-0.15, -0.1) is 0 Å². The Morgan fingerprint density at radius 2 is 2.00 bits per heavy atom. The third kappa shape index (κ3) is 2.13. The summed E-state index contributed by atoms with van der Waals surface area (Å²) in [7, 11) is 1.52. The number of Topliss-reactive ketones (excluding diaryl/α,β-unsaturated/α-hetero) is 1. The maximum atomic E-state index is 13.0. The first-order valence-corrected chi connectivity index (χ1v) is 9.43. The first-order chi connectivity index (χ1) is 13.0. The van der Waals surface area contributed by atoms with E-state index in [1.54, 1.807) is 11.8 Å². The molecular formula is C20H23NO6. The first kappa shape index (κ1) is 17.2. The van der Waals surface area contributed by atoms with Crippen molar-refractivity contribution in [2.45, 2.75) is 49.3 Å². The quantitative estimate of drug-likeness (QED) is 0.807. The summed E-state index contributed by atoms with van der Waals surface area (Å²) in [5, 5.41) is 0. The summed E-state index contributed by atoms with van der Waals surface area (Å²) >= 11 is 0. The van der Waals surface area contributed by atoms with Crippen molar-refractivity contribution in [2.24, 2.45) is 5.92 Å². The van der Waals surface area contributed by atoms with Gasteiger partial charge in [-0.05, 0) is 18.9 Å². The molecule has 144 valence electrons. The topological polar surface area (TPSA) is 74.3 Å². The second-order valence-electron chi connectivity index (χ2n) is 7.86. The molecule has 27 heavy (non-hydrogen) atoms. The van der Waals surface area contributed by atoms with Crippen molar-refractivity contribution < 1.29 is 28.5 Å². The molecule has 5 rings (SSSR count). The highest BCUT2D eigenvalue weighted by atomic mass is 16.7. The predicted molar refractivity (Wildman–Crippen MR) is 92.9 cm³/mol. The molecule has 0 aromatic heterocycles. The highest BCUT2D eigenvalue weighted by molar-refractivity contribution is 5.99. The second-order valence-corrected chi connectivity index (χ2v) is 7.86. The lowest BCUT2D eigenvalue weighted by molar-refractivity contribution is -0.248. The fourth-order valence-corrected chi connectivity index (χ4v) is 5.14. The molecule has 3 heterocycles. The minimum atomic E-state index is -0.996. The number of carbonyl (C=O) groups is 2. The lowest BCUT2D eigenvalue weighted by Crippen LogP contribution is -2.69. The van der Waals surface area contributed by atoms with Crippen LogP contribution in [-0.2, 0) is 23.7 Å². The van der Waals surface area contributed by atoms with Crippen molar-refractivity contribution in [3.63, 3.8) is 0 Å². The van der Waals surface area contributed by atoms with Crippen molar-refractivity contribution >= 4 is 11.9 Å². The lowest BCUT2D eigenvalue weighted by Gasteiger charge is -2.47. The number of fused-ring (bicyclic) bond motifs is 1. The summed E-state index contributed by atoms with van der Waals surface area (Å²) in [6, 6.07) is 8.95. The van der Waals surface area contributed by atoms with E-state index in [2.05, 4.69) is 0 Å². The van der Waals surface area contributed by atoms with E-state index in [9.17, 15) is 9.59 Å². The zero-order valence-electron chi connectivity index (χ0n) is 15.4. The third-order valence-electron chi connectivity index (χ3n) is 6.61. The number of carbonyl (C=O) groups excluding carboxylic acids is 2. The molecule has 0 N–H and O–H groups in total. The smallest absolute Gasteiger partial charge is 0.410 e. The van der Waals surface area contributed by atoms with Gasteiger partial charge in [0, 0.05) is 13.5 Å². The molecule has 1 amide bonds. The van der Waals surface area contributed by atoms with Gasteiger partial charge in [-0.3, -0.25) is 9.69 Å². The van der Waals surface area contributed by atoms with E-state index in [0.29, 0.717) is 13.0 Å². The van der Waals surface area contributed by atoms with Crippen molar-refractivity contribution in [3.8, 4) is 0 Å². The molecule has 1 aliphatic carbocycles. The predicted octanol–water partition coefficient (Wildman–Crippen LogP) is 2.06. The number of ketones is 1. The number of methoxy groups -OCH3 is 1. The molecule has 1 spiro atoms. The average Bonchev–Trinajstić information content (AvgIpc) is 3.39. The van der Waals surface area contributed by atoms with Crippen LogP contribution in [0.1, 0.15) is 31.4 Å². The Balaban J connectivity index is 1.57. The number of nitrogens with zero attached hydrogens (tertiary/aromatic N) is 1. The van der Waals surface area contributed by atoms with E-state index >= 15 is 0 Å². The third-order valence-corrected chi connectivity index (χ3v) is 6.61. The first-order valence-electron chi connectivity index (χ1n) is 9.43. The van der Waals surface area contributed by atoms with Crippen molar-refractivity contribution in [3.05, 3.63) is 35.9 Å². The average molecular weight is 373 g/mol. The molecule has 4 fully saturated rings. The number of benzene rings is 1. The monoisotopic (exact) mass is 373 g/mol. The molecule has 7 heteroatoms. The normalized spacial score (nSPS) is 43.1. The number of hydrogen-bond donors (Lipinski definition) is 0. The molecule has 1 aromatic rings. The lowest BCUT2D eigenvalue weighted by atomic mass is 9.64. The molecular weight excluding hydrogens is 350 g/mol. The van der Waals surface area contributed by atoms with Crippen molar-refractivity contribution in [1.29, 1.82) is 0 Å². The fraction of sp³-hybridized carbons (Fsp3) is 0.600. The summed E-state index contributed by atoms with van der Waals surface area (Å²) in [4.78, 5) is 27.4. The fourth-order valence-electron chi connectivity index (χ4n) is 5.14. The van der Waals surface area contributed by atoms with Gasteiger partial charge in [0.2, 0.25) is 0 Å². The van der Waals surface area contributed by atoms with Crippen molar-refractivity contribution in [1.82, 2.24) is 4.90 Å². The molecule has 4 aliphatic rings. The molecule has 6 atom stereocenters. The highest BCUT2D eigenvalue weighted by Crippen LogP contribution is 2.57. The zero-order chi connectivity index (χ0) is 18.8. The summed E-state index contributed by atoms with van der Waals surface area (Å²) in [5.74, 6) is -1.48. The van der Waals surface area contributed by atoms with Gasteiger partial charge in [0.1, 0.15) is 18.8 Å². The van der Waals surface area contributed by atoms with Crippen LogP contribution in [0.15, 0.2) is 30.3 Å². The van der Waals surface area contributed by atoms with Gasteiger partial charge in [0.05, 0.1) is 18.6 Å². The Hall–Kier alpha value is -1.96. The Labute approximate surface area is 157 Å². The van der Waals surface area contributed by atoms with Gasteiger partial charge in [-0.1, -0.05) is 30.3 Å². The van der Waals surface area contributed by atoms with Crippen LogP contribution in [0.5, 0.6) is 0 Å². The SMILES string of the molecule is CO[C@@]1(C)C(=O)[C@@H]2[C@H](N3C(=O)OC[C@@H]3c3ccccc3)[C@]3(CCCO3)O[C@@H]21. The Kier molecular flexibility index (Phi) is 3.67. The number of rotatable bonds is 3. The van der Waals surface area contributed by atoms with Gasteiger partial charge in [0.25, 0.3) is 0 Å². The molecule has 0 bridgehead atoms. The molecule has 3 saturated heterocycles. The van der Waals surface area contributed by atoms with Crippen molar-refractivity contribution in [2.75, 3.05) is 20.3 Å². The number of ether oxygens (including phenoxy) is 4. The molecule has 0 radical (unpaired) electrons. The Bertz CT molecular complexity index is 776. The maximum absolute atomic E-state index is 13.0. The Morgan fingerprint density at radius 1 is 1.22 bits per heavy atom. The highest BCUT2D eigenvalue weighted by Gasteiger charge is 2.76. The summed E-state index contributed by atoms with van der Waals surface area (Å²) in [5.41, 5.74) is -0.0224.